The van der Waals surface area contributed by atoms with E-state index < -0.39 is 5.97 Å². The number of carboxylic acid groups (broad SMARTS) is 1. The number of hydrogen-bond acceptors (Lipinski definition) is 6. The van der Waals surface area contributed by atoms with Crippen molar-refractivity contribution in [2.24, 2.45) is 0 Å². The number of aromatic nitrogens is 1. The van der Waals surface area contributed by atoms with Crippen molar-refractivity contribution in [2.45, 2.75) is 18.6 Å². The second-order valence-electron chi connectivity index (χ2n) is 5.42. The fourth-order valence-corrected chi connectivity index (χ4v) is 2.81. The fourth-order valence-electron chi connectivity index (χ4n) is 2.81. The van der Waals surface area contributed by atoms with Crippen LogP contribution < -0.4 is 10.6 Å². The van der Waals surface area contributed by atoms with E-state index in [2.05, 4.69) is 15.8 Å². The van der Waals surface area contributed by atoms with Gasteiger partial charge in [0.05, 0.1) is 12.1 Å². The second-order valence-corrected chi connectivity index (χ2v) is 5.42. The molecular formula is C16H19N3O4. The molecule has 0 saturated carbocycles. The summed E-state index contributed by atoms with van der Waals surface area (Å²) in [4.78, 5) is 11.7. The Balaban J connectivity index is 1.91. The SMILES string of the molecule is CO[C@@H]1CCNC[C@@H]1Nc1noc(-c2ccccc2)c1C(=O)O. The van der Waals surface area contributed by atoms with Gasteiger partial charge in [-0.2, -0.15) is 0 Å². The van der Waals surface area contributed by atoms with E-state index in [0.717, 1.165) is 13.0 Å². The van der Waals surface area contributed by atoms with Gasteiger partial charge < -0.3 is 25.0 Å². The van der Waals surface area contributed by atoms with Gasteiger partial charge in [-0.05, 0) is 13.0 Å². The van der Waals surface area contributed by atoms with Crippen LogP contribution in [0.25, 0.3) is 11.3 Å². The second kappa shape index (κ2) is 6.80. The number of nitrogens with zero attached hydrogens (tertiary/aromatic N) is 1. The first-order valence-corrected chi connectivity index (χ1v) is 7.49. The van der Waals surface area contributed by atoms with Crippen LogP contribution in [-0.4, -0.2) is 48.6 Å². The van der Waals surface area contributed by atoms with Crippen LogP contribution in [0.5, 0.6) is 0 Å². The van der Waals surface area contributed by atoms with Gasteiger partial charge in [-0.1, -0.05) is 35.5 Å². The monoisotopic (exact) mass is 317 g/mol. The zero-order chi connectivity index (χ0) is 16.2. The fraction of sp³-hybridized carbons (Fsp3) is 0.375. The summed E-state index contributed by atoms with van der Waals surface area (Å²) in [6.45, 7) is 1.54. The summed E-state index contributed by atoms with van der Waals surface area (Å²) in [5.41, 5.74) is 0.715. The molecule has 0 amide bonds. The first kappa shape index (κ1) is 15.5. The van der Waals surface area contributed by atoms with Gasteiger partial charge in [0.2, 0.25) is 0 Å². The van der Waals surface area contributed by atoms with Gasteiger partial charge in [-0.25, -0.2) is 4.79 Å². The summed E-state index contributed by atoms with van der Waals surface area (Å²) in [5, 5.41) is 19.9. The standard InChI is InChI=1S/C16H19N3O4/c1-22-12-7-8-17-9-11(12)18-15-13(16(20)21)14(23-19-15)10-5-3-2-4-6-10/h2-6,11-12,17H,7-9H2,1H3,(H,18,19)(H,20,21)/t11-,12+/m0/s1. The van der Waals surface area contributed by atoms with E-state index in [1.807, 2.05) is 18.2 Å². The Morgan fingerprint density at radius 2 is 2.22 bits per heavy atom. The number of carbonyl (C=O) groups is 1. The molecule has 3 rings (SSSR count). The Morgan fingerprint density at radius 1 is 1.43 bits per heavy atom. The molecule has 0 spiro atoms. The molecule has 1 fully saturated rings. The number of rotatable bonds is 5. The Labute approximate surface area is 133 Å². The van der Waals surface area contributed by atoms with Crippen molar-refractivity contribution in [1.29, 1.82) is 0 Å². The molecular weight excluding hydrogens is 298 g/mol. The highest BCUT2D eigenvalue weighted by Gasteiger charge is 2.30. The third kappa shape index (κ3) is 3.20. The van der Waals surface area contributed by atoms with Crippen LogP contribution >= 0.6 is 0 Å². The minimum absolute atomic E-state index is 0.00484. The number of benzene rings is 1. The molecule has 1 aliphatic heterocycles. The number of anilines is 1. The minimum Gasteiger partial charge on any atom is -0.477 e. The predicted octanol–water partition coefficient (Wildman–Crippen LogP) is 1.83. The van der Waals surface area contributed by atoms with E-state index in [1.165, 1.54) is 0 Å². The smallest absolute Gasteiger partial charge is 0.343 e. The predicted molar refractivity (Wildman–Crippen MR) is 84.6 cm³/mol. The van der Waals surface area contributed by atoms with Gasteiger partial charge in [0, 0.05) is 19.2 Å². The molecule has 1 aromatic heterocycles. The number of piperidine rings is 1. The zero-order valence-corrected chi connectivity index (χ0v) is 12.8. The highest BCUT2D eigenvalue weighted by atomic mass is 16.5. The van der Waals surface area contributed by atoms with Crippen LogP contribution in [-0.2, 0) is 4.74 Å². The lowest BCUT2D eigenvalue weighted by molar-refractivity contribution is 0.0656. The molecule has 122 valence electrons. The number of methoxy groups -OCH3 is 1. The summed E-state index contributed by atoms with van der Waals surface area (Å²) >= 11 is 0. The minimum atomic E-state index is -1.08. The number of carboxylic acids is 1. The van der Waals surface area contributed by atoms with Crippen LogP contribution in [0.1, 0.15) is 16.8 Å². The van der Waals surface area contributed by atoms with Crippen molar-refractivity contribution in [3.05, 3.63) is 35.9 Å². The molecule has 7 nitrogen and oxygen atoms in total. The van der Waals surface area contributed by atoms with E-state index in [-0.39, 0.29) is 29.3 Å². The Bertz CT molecular complexity index is 671. The molecule has 0 aliphatic carbocycles. The summed E-state index contributed by atoms with van der Waals surface area (Å²) in [5.74, 6) is -0.601. The van der Waals surface area contributed by atoms with Gasteiger partial charge in [-0.3, -0.25) is 0 Å². The Morgan fingerprint density at radius 3 is 2.91 bits per heavy atom. The molecule has 0 radical (unpaired) electrons. The molecule has 0 unspecified atom stereocenters. The lowest BCUT2D eigenvalue weighted by Crippen LogP contribution is -2.49. The van der Waals surface area contributed by atoms with Crippen molar-refractivity contribution in [1.82, 2.24) is 10.5 Å². The summed E-state index contributed by atoms with van der Waals surface area (Å²) < 4.78 is 10.8. The third-order valence-electron chi connectivity index (χ3n) is 3.99. The molecule has 1 saturated heterocycles. The lowest BCUT2D eigenvalue weighted by Gasteiger charge is -2.31. The Hall–Kier alpha value is -2.38. The molecule has 23 heavy (non-hydrogen) atoms. The molecule has 7 heteroatoms. The normalized spacial score (nSPS) is 21.1. The van der Waals surface area contributed by atoms with Crippen molar-refractivity contribution in [3.63, 3.8) is 0 Å². The van der Waals surface area contributed by atoms with Crippen molar-refractivity contribution in [2.75, 3.05) is 25.5 Å². The first-order valence-electron chi connectivity index (χ1n) is 7.49. The largest absolute Gasteiger partial charge is 0.477 e. The van der Waals surface area contributed by atoms with Gasteiger partial charge >= 0.3 is 5.97 Å². The highest BCUT2D eigenvalue weighted by Crippen LogP contribution is 2.30. The van der Waals surface area contributed by atoms with E-state index >= 15 is 0 Å². The van der Waals surface area contributed by atoms with Crippen molar-refractivity contribution >= 4 is 11.8 Å². The molecule has 1 aliphatic rings. The topological polar surface area (TPSA) is 96.6 Å². The number of ether oxygens (including phenoxy) is 1. The number of aromatic carboxylic acids is 1. The Kier molecular flexibility index (Phi) is 4.59. The van der Waals surface area contributed by atoms with Crippen LogP contribution in [0.4, 0.5) is 5.82 Å². The number of hydrogen-bond donors (Lipinski definition) is 3. The number of nitrogens with one attached hydrogen (secondary N) is 2. The maximum atomic E-state index is 11.7. The summed E-state index contributed by atoms with van der Waals surface area (Å²) in [6.07, 6.45) is 0.842. The molecule has 2 heterocycles. The summed E-state index contributed by atoms with van der Waals surface area (Å²) in [7, 11) is 1.65. The van der Waals surface area contributed by atoms with Crippen LogP contribution in [0.15, 0.2) is 34.9 Å². The van der Waals surface area contributed by atoms with E-state index in [1.54, 1.807) is 19.2 Å². The summed E-state index contributed by atoms with van der Waals surface area (Å²) in [6, 6.07) is 9.01. The van der Waals surface area contributed by atoms with E-state index in [9.17, 15) is 9.90 Å². The highest BCUT2D eigenvalue weighted by molar-refractivity contribution is 5.99. The van der Waals surface area contributed by atoms with E-state index in [4.69, 9.17) is 9.26 Å². The van der Waals surface area contributed by atoms with Crippen LogP contribution in [0.3, 0.4) is 0 Å². The maximum absolute atomic E-state index is 11.7. The van der Waals surface area contributed by atoms with Gasteiger partial charge in [0.25, 0.3) is 0 Å². The van der Waals surface area contributed by atoms with E-state index in [0.29, 0.717) is 12.1 Å². The zero-order valence-electron chi connectivity index (χ0n) is 12.8. The van der Waals surface area contributed by atoms with Gasteiger partial charge in [-0.15, -0.1) is 0 Å². The molecule has 1 aromatic carbocycles. The quantitative estimate of drug-likeness (QED) is 0.774. The van der Waals surface area contributed by atoms with Crippen molar-refractivity contribution < 1.29 is 19.2 Å². The van der Waals surface area contributed by atoms with Crippen LogP contribution in [0.2, 0.25) is 0 Å². The average molecular weight is 317 g/mol. The van der Waals surface area contributed by atoms with Gasteiger partial charge in [0.1, 0.15) is 0 Å². The maximum Gasteiger partial charge on any atom is 0.343 e. The third-order valence-corrected chi connectivity index (χ3v) is 3.99. The first-order chi connectivity index (χ1) is 11.2. The lowest BCUT2D eigenvalue weighted by atomic mass is 10.0. The molecule has 2 atom stereocenters. The molecule has 2 aromatic rings. The van der Waals surface area contributed by atoms with Crippen LogP contribution in [0, 0.1) is 0 Å². The molecule has 3 N–H and O–H groups in total. The molecule has 0 bridgehead atoms. The van der Waals surface area contributed by atoms with Gasteiger partial charge in [0.15, 0.2) is 17.1 Å². The van der Waals surface area contributed by atoms with Crippen molar-refractivity contribution in [3.8, 4) is 11.3 Å². The average Bonchev–Trinajstić information content (AvgIpc) is 3.00.